The van der Waals surface area contributed by atoms with Gasteiger partial charge in [0, 0.05) is 17.5 Å². The summed E-state index contributed by atoms with van der Waals surface area (Å²) in [7, 11) is 0. The van der Waals surface area contributed by atoms with Gasteiger partial charge in [0.1, 0.15) is 11.6 Å². The van der Waals surface area contributed by atoms with Crippen molar-refractivity contribution < 1.29 is 0 Å². The van der Waals surface area contributed by atoms with Gasteiger partial charge in [-0.3, -0.25) is 0 Å². The van der Waals surface area contributed by atoms with Crippen LogP contribution in [0.15, 0.2) is 60.7 Å². The van der Waals surface area contributed by atoms with E-state index in [0.717, 1.165) is 22.6 Å². The minimum Gasteiger partial charge on any atom is -0.383 e. The Morgan fingerprint density at radius 2 is 1.48 bits per heavy atom. The molecule has 3 aromatic rings. The van der Waals surface area contributed by atoms with Crippen molar-refractivity contribution in [3.8, 4) is 11.3 Å². The summed E-state index contributed by atoms with van der Waals surface area (Å²) in [6.45, 7) is 1.96. The van der Waals surface area contributed by atoms with Crippen LogP contribution in [0.2, 0.25) is 0 Å². The average molecular weight is 275 g/mol. The molecule has 0 aliphatic rings. The molecule has 0 bridgehead atoms. The van der Waals surface area contributed by atoms with E-state index in [1.165, 1.54) is 5.56 Å². The van der Waals surface area contributed by atoms with Crippen LogP contribution in [0, 0.1) is 6.92 Å². The molecule has 104 valence electrons. The van der Waals surface area contributed by atoms with Gasteiger partial charge in [0.2, 0.25) is 0 Å². The van der Waals surface area contributed by atoms with Crippen molar-refractivity contribution >= 4 is 5.82 Å². The summed E-state index contributed by atoms with van der Waals surface area (Å²) < 4.78 is 0. The van der Waals surface area contributed by atoms with Crippen molar-refractivity contribution in [1.29, 1.82) is 0 Å². The first kappa shape index (κ1) is 13.3. The van der Waals surface area contributed by atoms with Gasteiger partial charge in [0.25, 0.3) is 0 Å². The Hall–Kier alpha value is -2.68. The Kier molecular flexibility index (Phi) is 3.65. The third-order valence-corrected chi connectivity index (χ3v) is 3.48. The van der Waals surface area contributed by atoms with Crippen LogP contribution in [0.5, 0.6) is 0 Å². The minimum atomic E-state index is 0.551. The first-order valence-corrected chi connectivity index (χ1v) is 6.96. The molecule has 3 heteroatoms. The standard InChI is InChI=1S/C18H17N3/c1-13-17(15-10-6-3-7-11-15)20-16(21-18(13)19)12-14-8-4-2-5-9-14/h2-11H,12H2,1H3,(H2,19,20,21). The normalized spacial score (nSPS) is 10.5. The second kappa shape index (κ2) is 5.75. The van der Waals surface area contributed by atoms with Gasteiger partial charge in [-0.15, -0.1) is 0 Å². The molecular weight excluding hydrogens is 258 g/mol. The third-order valence-electron chi connectivity index (χ3n) is 3.48. The van der Waals surface area contributed by atoms with Crippen LogP contribution in [-0.2, 0) is 6.42 Å². The van der Waals surface area contributed by atoms with Crippen molar-refractivity contribution in [2.45, 2.75) is 13.3 Å². The summed E-state index contributed by atoms with van der Waals surface area (Å²) in [6.07, 6.45) is 0.686. The van der Waals surface area contributed by atoms with Crippen LogP contribution in [0.4, 0.5) is 5.82 Å². The second-order valence-electron chi connectivity index (χ2n) is 5.03. The molecule has 21 heavy (non-hydrogen) atoms. The number of benzene rings is 2. The van der Waals surface area contributed by atoms with E-state index in [0.29, 0.717) is 12.2 Å². The summed E-state index contributed by atoms with van der Waals surface area (Å²) in [6, 6.07) is 20.3. The number of nitrogens with zero attached hydrogens (tertiary/aromatic N) is 2. The van der Waals surface area contributed by atoms with Gasteiger partial charge in [0.15, 0.2) is 0 Å². The Labute approximate surface area is 124 Å². The molecule has 1 heterocycles. The largest absolute Gasteiger partial charge is 0.383 e. The van der Waals surface area contributed by atoms with E-state index in [-0.39, 0.29) is 0 Å². The average Bonchev–Trinajstić information content (AvgIpc) is 2.52. The molecule has 2 aromatic carbocycles. The molecule has 0 aliphatic carbocycles. The predicted molar refractivity (Wildman–Crippen MR) is 85.9 cm³/mol. The van der Waals surface area contributed by atoms with Gasteiger partial charge in [-0.05, 0) is 12.5 Å². The van der Waals surface area contributed by atoms with Gasteiger partial charge in [-0.25, -0.2) is 9.97 Å². The number of rotatable bonds is 3. The molecule has 0 fully saturated rings. The number of aromatic nitrogens is 2. The van der Waals surface area contributed by atoms with Gasteiger partial charge >= 0.3 is 0 Å². The van der Waals surface area contributed by atoms with Gasteiger partial charge in [-0.2, -0.15) is 0 Å². The number of hydrogen-bond donors (Lipinski definition) is 1. The van der Waals surface area contributed by atoms with E-state index >= 15 is 0 Å². The maximum Gasteiger partial charge on any atom is 0.135 e. The lowest BCUT2D eigenvalue weighted by Crippen LogP contribution is -2.05. The fourth-order valence-electron chi connectivity index (χ4n) is 2.32. The molecule has 0 unspecified atom stereocenters. The topological polar surface area (TPSA) is 51.8 Å². The third kappa shape index (κ3) is 2.92. The number of nitrogen functional groups attached to an aromatic ring is 1. The number of hydrogen-bond acceptors (Lipinski definition) is 3. The quantitative estimate of drug-likeness (QED) is 0.794. The van der Waals surface area contributed by atoms with Crippen molar-refractivity contribution in [1.82, 2.24) is 9.97 Å². The number of nitrogens with two attached hydrogens (primary N) is 1. The maximum absolute atomic E-state index is 6.06. The van der Waals surface area contributed by atoms with E-state index in [9.17, 15) is 0 Å². The molecule has 2 N–H and O–H groups in total. The molecule has 3 nitrogen and oxygen atoms in total. The van der Waals surface area contributed by atoms with Gasteiger partial charge in [0.05, 0.1) is 5.69 Å². The van der Waals surface area contributed by atoms with Gasteiger partial charge in [-0.1, -0.05) is 60.7 Å². The highest BCUT2D eigenvalue weighted by Crippen LogP contribution is 2.24. The fraction of sp³-hybridized carbons (Fsp3) is 0.111. The summed E-state index contributed by atoms with van der Waals surface area (Å²) in [5.74, 6) is 1.30. The highest BCUT2D eigenvalue weighted by atomic mass is 15.0. The SMILES string of the molecule is Cc1c(N)nc(Cc2ccccc2)nc1-c1ccccc1. The summed E-state index contributed by atoms with van der Waals surface area (Å²) in [5, 5.41) is 0. The maximum atomic E-state index is 6.06. The van der Waals surface area contributed by atoms with Crippen molar-refractivity contribution in [3.05, 3.63) is 77.6 Å². The molecular formula is C18H17N3. The van der Waals surface area contributed by atoms with Crippen molar-refractivity contribution in [2.24, 2.45) is 0 Å². The Bertz CT molecular complexity index is 737. The summed E-state index contributed by atoms with van der Waals surface area (Å²) >= 11 is 0. The molecule has 0 amide bonds. The van der Waals surface area contributed by atoms with E-state index in [1.54, 1.807) is 0 Å². The molecule has 3 rings (SSSR count). The second-order valence-corrected chi connectivity index (χ2v) is 5.03. The highest BCUT2D eigenvalue weighted by molar-refractivity contribution is 5.67. The van der Waals surface area contributed by atoms with Crippen molar-refractivity contribution in [3.63, 3.8) is 0 Å². The van der Waals surface area contributed by atoms with Crippen LogP contribution in [0.25, 0.3) is 11.3 Å². The lowest BCUT2D eigenvalue weighted by molar-refractivity contribution is 0.968. The molecule has 0 aliphatic heterocycles. The zero-order valence-corrected chi connectivity index (χ0v) is 12.0. The fourth-order valence-corrected chi connectivity index (χ4v) is 2.32. The Morgan fingerprint density at radius 3 is 2.14 bits per heavy atom. The first-order valence-electron chi connectivity index (χ1n) is 6.96. The number of anilines is 1. The van der Waals surface area contributed by atoms with E-state index in [2.05, 4.69) is 17.1 Å². The van der Waals surface area contributed by atoms with Crippen LogP contribution in [0.1, 0.15) is 17.0 Å². The van der Waals surface area contributed by atoms with Crippen LogP contribution in [-0.4, -0.2) is 9.97 Å². The van der Waals surface area contributed by atoms with Crippen LogP contribution >= 0.6 is 0 Å². The van der Waals surface area contributed by atoms with Gasteiger partial charge < -0.3 is 5.73 Å². The zero-order valence-electron chi connectivity index (χ0n) is 12.0. The molecule has 1 aromatic heterocycles. The smallest absolute Gasteiger partial charge is 0.135 e. The van der Waals surface area contributed by atoms with Crippen LogP contribution < -0.4 is 5.73 Å². The zero-order chi connectivity index (χ0) is 14.7. The first-order chi connectivity index (χ1) is 10.2. The molecule has 0 spiro atoms. The van der Waals surface area contributed by atoms with E-state index < -0.39 is 0 Å². The molecule has 0 saturated carbocycles. The predicted octanol–water partition coefficient (Wildman–Crippen LogP) is 3.63. The summed E-state index contributed by atoms with van der Waals surface area (Å²) in [5.41, 5.74) is 10.1. The van der Waals surface area contributed by atoms with Crippen LogP contribution in [0.3, 0.4) is 0 Å². The molecule has 0 saturated heterocycles. The van der Waals surface area contributed by atoms with E-state index in [4.69, 9.17) is 10.7 Å². The van der Waals surface area contributed by atoms with E-state index in [1.807, 2.05) is 55.5 Å². The molecule has 0 radical (unpaired) electrons. The lowest BCUT2D eigenvalue weighted by Gasteiger charge is -2.10. The Balaban J connectivity index is 2.02. The molecule has 0 atom stereocenters. The lowest BCUT2D eigenvalue weighted by atomic mass is 10.1. The monoisotopic (exact) mass is 275 g/mol. The Morgan fingerprint density at radius 1 is 0.857 bits per heavy atom. The summed E-state index contributed by atoms with van der Waals surface area (Å²) in [4.78, 5) is 9.13. The highest BCUT2D eigenvalue weighted by Gasteiger charge is 2.10. The minimum absolute atomic E-state index is 0.551. The van der Waals surface area contributed by atoms with Crippen molar-refractivity contribution in [2.75, 3.05) is 5.73 Å².